The van der Waals surface area contributed by atoms with E-state index >= 15 is 0 Å². The second-order valence-electron chi connectivity index (χ2n) is 27.6. The molecule has 0 aliphatic heterocycles. The number of carbonyl (C=O) groups excluding carboxylic acids is 3. The molecular formula is C85H149NO8. The molecule has 9 heteroatoms. The summed E-state index contributed by atoms with van der Waals surface area (Å²) in [5.74, 6) is -2.27. The number of nitrogens with zero attached hydrogens (tertiary/aromatic N) is 1. The number of aliphatic carboxylic acids is 1. The summed E-state index contributed by atoms with van der Waals surface area (Å²) in [6, 6.07) is 0. The number of allylic oxidation sites excluding steroid dienone is 18. The third-order valence-corrected chi connectivity index (χ3v) is 17.3. The Morgan fingerprint density at radius 3 is 0.904 bits per heavy atom. The third-order valence-electron chi connectivity index (χ3n) is 17.3. The standard InChI is InChI=1S/C85H149NO8/c1-6-8-10-12-14-16-18-20-22-24-26-28-30-32-34-36-37-38-39-40-41-42-43-44-45-46-47-48-50-52-54-56-58-60-62-64-66-68-70-72-74-76-83(88)94-81(80-93-85(84(89)90)91-78-77-86(3,4)5)79-92-82(87)75-73-71-69-67-65-63-61-59-57-55-53-51-49-35-33-31-29-27-25-23-21-19-17-15-13-11-9-7-2/h8,10,14,16,20,22,26,28,32,34,37-38,40-41,43-44,46-47,81,85H,6-7,9,11-13,15,17-19,21,23-25,27,29-31,33,35-36,39,42,45,48-80H2,1-5H3/b10-8-,16-14-,22-20-,28-26-,34-32-,38-37-,41-40-,44-43-,47-46-. The number of carbonyl (C=O) groups is 3. The van der Waals surface area contributed by atoms with Crippen molar-refractivity contribution in [2.45, 2.75) is 367 Å². The Labute approximate surface area is 581 Å². The SMILES string of the molecule is CC/C=C\C/C=C\C/C=C\C/C=C\C/C=C\C/C=C\C/C=C\C/C=C\C/C=C\CCCCCCCCCCCCCCCC(=O)OC(COC(=O)CCCCCCCCCCCCCCCCCCCCCCCCCCCCCC)COC(OCC[N+](C)(C)C)C(=O)[O-]. The summed E-state index contributed by atoms with van der Waals surface area (Å²) in [5.41, 5.74) is 0. The fourth-order valence-corrected chi connectivity index (χ4v) is 11.3. The number of likely N-dealkylation sites (N-methyl/N-ethyl adjacent to an activating group) is 1. The average molecular weight is 1310 g/mol. The van der Waals surface area contributed by atoms with Crippen molar-refractivity contribution in [2.24, 2.45) is 0 Å². The topological polar surface area (TPSA) is 111 Å². The lowest BCUT2D eigenvalue weighted by molar-refractivity contribution is -0.870. The van der Waals surface area contributed by atoms with Gasteiger partial charge in [-0.05, 0) is 83.5 Å². The Kier molecular flexibility index (Phi) is 71.5. The van der Waals surface area contributed by atoms with Gasteiger partial charge < -0.3 is 33.3 Å². The number of esters is 2. The minimum atomic E-state index is -1.63. The van der Waals surface area contributed by atoms with Gasteiger partial charge in [-0.25, -0.2) is 0 Å². The molecule has 0 amide bonds. The maximum atomic E-state index is 13.0. The van der Waals surface area contributed by atoms with Crippen LogP contribution >= 0.6 is 0 Å². The second kappa shape index (κ2) is 74.7. The highest BCUT2D eigenvalue weighted by Crippen LogP contribution is 2.19. The minimum Gasteiger partial charge on any atom is -0.545 e. The maximum Gasteiger partial charge on any atom is 0.306 e. The van der Waals surface area contributed by atoms with Crippen LogP contribution in [0, 0.1) is 0 Å². The van der Waals surface area contributed by atoms with Crippen molar-refractivity contribution < 1.29 is 42.9 Å². The fraction of sp³-hybridized carbons (Fsp3) is 0.753. The molecule has 0 aromatic heterocycles. The van der Waals surface area contributed by atoms with Gasteiger partial charge >= 0.3 is 11.9 Å². The Morgan fingerprint density at radius 1 is 0.330 bits per heavy atom. The molecule has 0 radical (unpaired) electrons. The van der Waals surface area contributed by atoms with Crippen LogP contribution < -0.4 is 5.11 Å². The van der Waals surface area contributed by atoms with Crippen LogP contribution in [-0.4, -0.2) is 82.3 Å². The first-order valence-electron chi connectivity index (χ1n) is 39.5. The van der Waals surface area contributed by atoms with Crippen molar-refractivity contribution in [1.82, 2.24) is 0 Å². The first kappa shape index (κ1) is 90.0. The Morgan fingerprint density at radius 2 is 0.606 bits per heavy atom. The predicted molar refractivity (Wildman–Crippen MR) is 403 cm³/mol. The van der Waals surface area contributed by atoms with E-state index in [9.17, 15) is 19.5 Å². The molecule has 0 heterocycles. The molecule has 0 N–H and O–H groups in total. The van der Waals surface area contributed by atoms with Crippen molar-refractivity contribution in [1.29, 1.82) is 0 Å². The molecule has 542 valence electrons. The van der Waals surface area contributed by atoms with Crippen LogP contribution in [0.5, 0.6) is 0 Å². The van der Waals surface area contributed by atoms with Gasteiger partial charge in [0, 0.05) is 12.8 Å². The van der Waals surface area contributed by atoms with Crippen LogP contribution in [0.1, 0.15) is 354 Å². The molecule has 0 saturated carbocycles. The predicted octanol–water partition coefficient (Wildman–Crippen LogP) is 24.0. The molecule has 0 spiro atoms. The van der Waals surface area contributed by atoms with Crippen LogP contribution in [0.4, 0.5) is 0 Å². The van der Waals surface area contributed by atoms with Gasteiger partial charge in [0.1, 0.15) is 13.2 Å². The molecule has 2 atom stereocenters. The molecule has 0 fully saturated rings. The molecule has 0 aromatic carbocycles. The van der Waals surface area contributed by atoms with Crippen LogP contribution in [0.3, 0.4) is 0 Å². The molecule has 94 heavy (non-hydrogen) atoms. The molecule has 0 aromatic rings. The zero-order valence-corrected chi connectivity index (χ0v) is 62.1. The van der Waals surface area contributed by atoms with Crippen molar-refractivity contribution >= 4 is 17.9 Å². The summed E-state index contributed by atoms with van der Waals surface area (Å²) in [7, 11) is 5.94. The Hall–Kier alpha value is -4.05. The molecule has 0 aliphatic rings. The zero-order valence-electron chi connectivity index (χ0n) is 62.1. The van der Waals surface area contributed by atoms with Crippen molar-refractivity contribution in [3.05, 3.63) is 109 Å². The van der Waals surface area contributed by atoms with E-state index in [-0.39, 0.29) is 32.2 Å². The van der Waals surface area contributed by atoms with Gasteiger partial charge in [0.2, 0.25) is 0 Å². The quantitative estimate of drug-likeness (QED) is 0.0195. The Balaban J connectivity index is 4.05. The van der Waals surface area contributed by atoms with Crippen molar-refractivity contribution in [2.75, 3.05) is 47.5 Å². The normalized spacial score (nSPS) is 13.2. The number of hydrogen-bond donors (Lipinski definition) is 0. The zero-order chi connectivity index (χ0) is 68.2. The van der Waals surface area contributed by atoms with E-state index in [2.05, 4.69) is 123 Å². The lowest BCUT2D eigenvalue weighted by Gasteiger charge is -2.26. The average Bonchev–Trinajstić information content (AvgIpc) is 3.42. The van der Waals surface area contributed by atoms with Crippen molar-refractivity contribution in [3.8, 4) is 0 Å². The monoisotopic (exact) mass is 1310 g/mol. The number of carboxylic acids is 1. The third kappa shape index (κ3) is 75.3. The fourth-order valence-electron chi connectivity index (χ4n) is 11.3. The van der Waals surface area contributed by atoms with Crippen LogP contribution in [0.2, 0.25) is 0 Å². The summed E-state index contributed by atoms with van der Waals surface area (Å²) in [5, 5.41) is 11.9. The van der Waals surface area contributed by atoms with E-state index in [0.29, 0.717) is 23.9 Å². The molecule has 2 unspecified atom stereocenters. The smallest absolute Gasteiger partial charge is 0.306 e. The summed E-state index contributed by atoms with van der Waals surface area (Å²) in [6.45, 7) is 4.68. The summed E-state index contributed by atoms with van der Waals surface area (Å²) < 4.78 is 22.9. The first-order valence-corrected chi connectivity index (χ1v) is 39.5. The molecule has 0 aliphatic carbocycles. The number of quaternary nitrogens is 1. The lowest BCUT2D eigenvalue weighted by atomic mass is 10.0. The lowest BCUT2D eigenvalue weighted by Crippen LogP contribution is -2.44. The largest absolute Gasteiger partial charge is 0.545 e. The van der Waals surface area contributed by atoms with Gasteiger partial charge in [0.25, 0.3) is 0 Å². The van der Waals surface area contributed by atoms with Gasteiger partial charge in [0.15, 0.2) is 12.4 Å². The highest BCUT2D eigenvalue weighted by molar-refractivity contribution is 5.70. The van der Waals surface area contributed by atoms with E-state index in [0.717, 1.165) is 96.3 Å². The van der Waals surface area contributed by atoms with Gasteiger partial charge in [0.05, 0.1) is 40.3 Å². The molecule has 0 bridgehead atoms. The summed E-state index contributed by atoms with van der Waals surface area (Å²) in [4.78, 5) is 37.6. The van der Waals surface area contributed by atoms with Crippen LogP contribution in [0.15, 0.2) is 109 Å². The highest BCUT2D eigenvalue weighted by atomic mass is 16.7. The molecular weight excluding hydrogens is 1160 g/mol. The van der Waals surface area contributed by atoms with E-state index in [4.69, 9.17) is 18.9 Å². The number of carboxylic acid groups (broad SMARTS) is 1. The van der Waals surface area contributed by atoms with Crippen molar-refractivity contribution in [3.63, 3.8) is 0 Å². The molecule has 0 rings (SSSR count). The highest BCUT2D eigenvalue weighted by Gasteiger charge is 2.22. The van der Waals surface area contributed by atoms with Gasteiger partial charge in [-0.15, -0.1) is 0 Å². The van der Waals surface area contributed by atoms with E-state index < -0.39 is 24.3 Å². The second-order valence-corrected chi connectivity index (χ2v) is 27.6. The first-order chi connectivity index (χ1) is 46.1. The maximum absolute atomic E-state index is 13.0. The molecule has 9 nitrogen and oxygen atoms in total. The Bertz CT molecular complexity index is 1920. The number of ether oxygens (including phenoxy) is 4. The van der Waals surface area contributed by atoms with Gasteiger partial charge in [-0.3, -0.25) is 9.59 Å². The van der Waals surface area contributed by atoms with Crippen LogP contribution in [-0.2, 0) is 33.3 Å². The van der Waals surface area contributed by atoms with Crippen LogP contribution in [0.25, 0.3) is 0 Å². The summed E-state index contributed by atoms with van der Waals surface area (Å²) >= 11 is 0. The number of unbranched alkanes of at least 4 members (excludes halogenated alkanes) is 40. The molecule has 0 saturated heterocycles. The summed E-state index contributed by atoms with van der Waals surface area (Å²) in [6.07, 6.45) is 102. The van der Waals surface area contributed by atoms with E-state index in [1.807, 2.05) is 21.1 Å². The van der Waals surface area contributed by atoms with Gasteiger partial charge in [-0.2, -0.15) is 0 Å². The number of rotatable bonds is 73. The minimum absolute atomic E-state index is 0.146. The van der Waals surface area contributed by atoms with E-state index in [1.165, 1.54) is 225 Å². The van der Waals surface area contributed by atoms with Gasteiger partial charge in [-0.1, -0.05) is 367 Å². The number of hydrogen-bond acceptors (Lipinski definition) is 8. The van der Waals surface area contributed by atoms with E-state index in [1.54, 1.807) is 0 Å².